The molecule has 7 heteroatoms. The van der Waals surface area contributed by atoms with Gasteiger partial charge in [-0.15, -0.1) is 11.3 Å². The molecule has 1 aromatic carbocycles. The van der Waals surface area contributed by atoms with Crippen molar-refractivity contribution in [2.45, 2.75) is 33.0 Å². The van der Waals surface area contributed by atoms with E-state index in [2.05, 4.69) is 10.3 Å². The number of hydrogen-bond acceptors (Lipinski definition) is 5. The quantitative estimate of drug-likeness (QED) is 0.758. The lowest BCUT2D eigenvalue weighted by molar-refractivity contribution is -0.140. The van der Waals surface area contributed by atoms with Gasteiger partial charge in [-0.2, -0.15) is 0 Å². The molecule has 5 nitrogen and oxygen atoms in total. The largest absolute Gasteiger partial charge is 0.486 e. The Kier molecular flexibility index (Phi) is 6.38. The summed E-state index contributed by atoms with van der Waals surface area (Å²) >= 11 is 7.31. The maximum atomic E-state index is 11.1. The Labute approximate surface area is 144 Å². The van der Waals surface area contributed by atoms with E-state index >= 15 is 0 Å². The van der Waals surface area contributed by atoms with Crippen LogP contribution in [0.5, 0.6) is 5.75 Å². The van der Waals surface area contributed by atoms with Crippen molar-refractivity contribution in [2.24, 2.45) is 5.92 Å². The number of ether oxygens (including phenoxy) is 1. The van der Waals surface area contributed by atoms with Crippen molar-refractivity contribution in [1.82, 2.24) is 10.3 Å². The molecule has 1 atom stereocenters. The van der Waals surface area contributed by atoms with Crippen LogP contribution in [-0.4, -0.2) is 22.1 Å². The molecule has 0 aliphatic heterocycles. The molecule has 1 heterocycles. The summed E-state index contributed by atoms with van der Waals surface area (Å²) in [6.45, 7) is 4.54. The Hall–Kier alpha value is -1.63. The molecule has 0 saturated carbocycles. The first-order valence-electron chi connectivity index (χ1n) is 7.23. The minimum absolute atomic E-state index is 0.0128. The molecule has 0 unspecified atom stereocenters. The molecule has 2 N–H and O–H groups in total. The number of carboxylic acids is 1. The van der Waals surface area contributed by atoms with Gasteiger partial charge in [0.2, 0.25) is 0 Å². The van der Waals surface area contributed by atoms with Crippen LogP contribution in [0.4, 0.5) is 0 Å². The fourth-order valence-electron chi connectivity index (χ4n) is 1.99. The molecule has 23 heavy (non-hydrogen) atoms. The Morgan fingerprint density at radius 3 is 2.70 bits per heavy atom. The average molecular weight is 355 g/mol. The van der Waals surface area contributed by atoms with Crippen LogP contribution in [0.2, 0.25) is 5.02 Å². The minimum atomic E-state index is -0.846. The maximum absolute atomic E-state index is 11.1. The van der Waals surface area contributed by atoms with Crippen molar-refractivity contribution in [1.29, 1.82) is 0 Å². The zero-order valence-electron chi connectivity index (χ0n) is 13.0. The van der Waals surface area contributed by atoms with Gasteiger partial charge in [-0.25, -0.2) is 4.98 Å². The summed E-state index contributed by atoms with van der Waals surface area (Å²) in [5, 5.41) is 15.6. The molecule has 1 aromatic heterocycles. The highest BCUT2D eigenvalue weighted by atomic mass is 35.5. The van der Waals surface area contributed by atoms with Crippen molar-refractivity contribution < 1.29 is 14.6 Å². The van der Waals surface area contributed by atoms with Crippen molar-refractivity contribution in [3.05, 3.63) is 45.4 Å². The van der Waals surface area contributed by atoms with Crippen molar-refractivity contribution >= 4 is 28.9 Å². The van der Waals surface area contributed by atoms with E-state index in [9.17, 15) is 4.79 Å². The molecule has 0 saturated heterocycles. The number of nitrogens with one attached hydrogen (secondary N) is 1. The average Bonchev–Trinajstić information content (AvgIpc) is 2.94. The summed E-state index contributed by atoms with van der Waals surface area (Å²) in [7, 11) is 0. The molecule has 0 aliphatic rings. The predicted octanol–water partition coefficient (Wildman–Crippen LogP) is 3.57. The van der Waals surface area contributed by atoms with Crippen LogP contribution in [0.15, 0.2) is 29.6 Å². The molecule has 124 valence electrons. The number of halogens is 1. The second kappa shape index (κ2) is 8.29. The number of hydrogen-bond donors (Lipinski definition) is 2. The second-order valence-corrected chi connectivity index (χ2v) is 6.80. The summed E-state index contributed by atoms with van der Waals surface area (Å²) in [4.78, 5) is 15.6. The summed E-state index contributed by atoms with van der Waals surface area (Å²) in [5.74, 6) is -0.101. The summed E-state index contributed by atoms with van der Waals surface area (Å²) in [6.07, 6.45) is 0. The maximum Gasteiger partial charge on any atom is 0.320 e. The number of thiazole rings is 1. The monoisotopic (exact) mass is 354 g/mol. The minimum Gasteiger partial charge on any atom is -0.486 e. The van der Waals surface area contributed by atoms with Crippen LogP contribution in [-0.2, 0) is 17.9 Å². The van der Waals surface area contributed by atoms with Crippen LogP contribution >= 0.6 is 22.9 Å². The summed E-state index contributed by atoms with van der Waals surface area (Å²) in [6, 6.07) is 6.57. The summed E-state index contributed by atoms with van der Waals surface area (Å²) < 4.78 is 5.64. The predicted molar refractivity (Wildman–Crippen MR) is 91.0 cm³/mol. The lowest BCUT2D eigenvalue weighted by Crippen LogP contribution is -2.40. The van der Waals surface area contributed by atoms with Gasteiger partial charge in [0, 0.05) is 16.9 Å². The van der Waals surface area contributed by atoms with E-state index in [1.807, 2.05) is 19.2 Å². The van der Waals surface area contributed by atoms with Gasteiger partial charge in [-0.05, 0) is 30.2 Å². The number of rotatable bonds is 8. The normalized spacial score (nSPS) is 12.3. The number of aliphatic carboxylic acids is 1. The Morgan fingerprint density at radius 1 is 1.39 bits per heavy atom. The van der Waals surface area contributed by atoms with Gasteiger partial charge in [-0.1, -0.05) is 25.4 Å². The van der Waals surface area contributed by atoms with Crippen LogP contribution < -0.4 is 10.1 Å². The molecule has 2 aromatic rings. The van der Waals surface area contributed by atoms with Gasteiger partial charge < -0.3 is 9.84 Å². The Bertz CT molecular complexity index is 643. The van der Waals surface area contributed by atoms with Gasteiger partial charge in [0.25, 0.3) is 0 Å². The van der Waals surface area contributed by atoms with Gasteiger partial charge in [0.1, 0.15) is 23.4 Å². The first-order chi connectivity index (χ1) is 11.0. The number of nitrogens with zero attached hydrogens (tertiary/aromatic N) is 1. The molecule has 0 spiro atoms. The highest BCUT2D eigenvalue weighted by Crippen LogP contribution is 2.18. The van der Waals surface area contributed by atoms with Crippen LogP contribution in [0.1, 0.15) is 24.5 Å². The lowest BCUT2D eigenvalue weighted by Gasteiger charge is -2.16. The number of carboxylic acid groups (broad SMARTS) is 1. The van der Waals surface area contributed by atoms with Gasteiger partial charge >= 0.3 is 5.97 Å². The third kappa shape index (κ3) is 5.49. The second-order valence-electron chi connectivity index (χ2n) is 5.42. The standard InChI is InChI=1S/C16H19ClN2O3S/c1-10(2)15(16(20)21)18-7-12-9-23-14(19-12)8-22-13-5-3-11(17)4-6-13/h3-6,9-10,15,18H,7-8H2,1-2H3,(H,20,21)/t15-/m0/s1. The van der Waals surface area contributed by atoms with Gasteiger partial charge in [-0.3, -0.25) is 10.1 Å². The van der Waals surface area contributed by atoms with Crippen LogP contribution in [0.25, 0.3) is 0 Å². The molecule has 0 bridgehead atoms. The molecule has 0 radical (unpaired) electrons. The summed E-state index contributed by atoms with van der Waals surface area (Å²) in [5.41, 5.74) is 0.816. The van der Waals surface area contributed by atoms with Crippen molar-refractivity contribution in [3.63, 3.8) is 0 Å². The lowest BCUT2D eigenvalue weighted by atomic mass is 10.1. The van der Waals surface area contributed by atoms with E-state index < -0.39 is 12.0 Å². The zero-order valence-corrected chi connectivity index (χ0v) is 14.5. The third-order valence-corrected chi connectivity index (χ3v) is 4.33. The molecule has 0 fully saturated rings. The van der Waals surface area contributed by atoms with E-state index in [1.54, 1.807) is 24.3 Å². The van der Waals surface area contributed by atoms with Crippen molar-refractivity contribution in [3.8, 4) is 5.75 Å². The van der Waals surface area contributed by atoms with E-state index in [0.717, 1.165) is 16.5 Å². The van der Waals surface area contributed by atoms with Gasteiger partial charge in [0.15, 0.2) is 0 Å². The van der Waals surface area contributed by atoms with E-state index in [1.165, 1.54) is 11.3 Å². The van der Waals surface area contributed by atoms with Crippen LogP contribution in [0, 0.1) is 5.92 Å². The highest BCUT2D eigenvalue weighted by Gasteiger charge is 2.20. The molecular formula is C16H19ClN2O3S. The van der Waals surface area contributed by atoms with Crippen molar-refractivity contribution in [2.75, 3.05) is 0 Å². The molecule has 0 amide bonds. The number of aromatic nitrogens is 1. The first-order valence-corrected chi connectivity index (χ1v) is 8.49. The Morgan fingerprint density at radius 2 is 2.09 bits per heavy atom. The molecule has 0 aliphatic carbocycles. The van der Waals surface area contributed by atoms with Crippen LogP contribution in [0.3, 0.4) is 0 Å². The molecular weight excluding hydrogens is 336 g/mol. The number of carbonyl (C=O) groups is 1. The third-order valence-electron chi connectivity index (χ3n) is 3.21. The highest BCUT2D eigenvalue weighted by molar-refractivity contribution is 7.09. The van der Waals surface area contributed by atoms with E-state index in [-0.39, 0.29) is 5.92 Å². The Balaban J connectivity index is 1.85. The van der Waals surface area contributed by atoms with Gasteiger partial charge in [0.05, 0.1) is 5.69 Å². The fraction of sp³-hybridized carbons (Fsp3) is 0.375. The molecule has 2 rings (SSSR count). The van der Waals surface area contributed by atoms with E-state index in [0.29, 0.717) is 18.2 Å². The number of benzene rings is 1. The van der Waals surface area contributed by atoms with E-state index in [4.69, 9.17) is 21.4 Å². The first kappa shape index (κ1) is 17.7. The topological polar surface area (TPSA) is 71.5 Å². The fourth-order valence-corrected chi connectivity index (χ4v) is 2.83. The smallest absolute Gasteiger partial charge is 0.320 e. The SMILES string of the molecule is CC(C)[C@H](NCc1csc(COc2ccc(Cl)cc2)n1)C(=O)O. The zero-order chi connectivity index (χ0) is 16.8.